The van der Waals surface area contributed by atoms with Crippen LogP contribution in [0.1, 0.15) is 13.8 Å². The highest BCUT2D eigenvalue weighted by atomic mass is 32.1. The van der Waals surface area contributed by atoms with E-state index in [0.717, 1.165) is 0 Å². The van der Waals surface area contributed by atoms with Gasteiger partial charge in [-0.25, -0.2) is 0 Å². The highest BCUT2D eigenvalue weighted by molar-refractivity contribution is 7.84. The average molecular weight is 170 g/mol. The summed E-state index contributed by atoms with van der Waals surface area (Å²) in [6, 6.07) is 0. The average Bonchev–Trinajstić information content (AvgIpc) is 1.82. The summed E-state index contributed by atoms with van der Waals surface area (Å²) in [4.78, 5) is 0.693. The van der Waals surface area contributed by atoms with Crippen molar-refractivity contribution in [3.05, 3.63) is 36.0 Å². The van der Waals surface area contributed by atoms with E-state index in [0.29, 0.717) is 10.7 Å². The maximum atomic E-state index is 5.24. The summed E-state index contributed by atoms with van der Waals surface area (Å²) in [6.07, 6.45) is 3.66. The number of ether oxygens (including phenoxy) is 1. The van der Waals surface area contributed by atoms with E-state index in [2.05, 4.69) is 25.8 Å². The molecule has 0 rings (SSSR count). The molecule has 0 bridgehead atoms. The van der Waals surface area contributed by atoms with E-state index in [1.165, 1.54) is 0 Å². The molecule has 0 atom stereocenters. The Balaban J connectivity index is 3.78. The molecule has 0 aromatic heterocycles. The Morgan fingerprint density at radius 3 is 2.27 bits per heavy atom. The van der Waals surface area contributed by atoms with Gasteiger partial charge in [0.15, 0.2) is 0 Å². The Morgan fingerprint density at radius 1 is 1.36 bits per heavy atom. The molecule has 1 nitrogen and oxygen atoms in total. The van der Waals surface area contributed by atoms with Crippen LogP contribution in [0.25, 0.3) is 0 Å². The van der Waals surface area contributed by atoms with Crippen molar-refractivity contribution in [1.82, 2.24) is 0 Å². The Morgan fingerprint density at radius 2 is 1.91 bits per heavy atom. The van der Waals surface area contributed by atoms with Gasteiger partial charge in [0, 0.05) is 0 Å². The van der Waals surface area contributed by atoms with Crippen molar-refractivity contribution in [3.8, 4) is 0 Å². The van der Waals surface area contributed by atoms with Gasteiger partial charge in [0.25, 0.3) is 0 Å². The minimum Gasteiger partial charge on any atom is -0.492 e. The molecule has 62 valence electrons. The van der Waals surface area contributed by atoms with Crippen LogP contribution in [0.2, 0.25) is 0 Å². The first-order chi connectivity index (χ1) is 5.02. The molecule has 0 aliphatic rings. The second-order valence-electron chi connectivity index (χ2n) is 2.46. The summed E-state index contributed by atoms with van der Waals surface area (Å²) in [5.74, 6) is 0.634. The van der Waals surface area contributed by atoms with Gasteiger partial charge in [-0.1, -0.05) is 13.2 Å². The fourth-order valence-electron chi connectivity index (χ4n) is 0.531. The van der Waals surface area contributed by atoms with E-state index in [4.69, 9.17) is 4.74 Å². The van der Waals surface area contributed by atoms with Crippen molar-refractivity contribution in [1.29, 1.82) is 0 Å². The monoisotopic (exact) mass is 170 g/mol. The van der Waals surface area contributed by atoms with Crippen LogP contribution >= 0.6 is 12.6 Å². The first kappa shape index (κ1) is 10.4. The fraction of sp³-hybridized carbons (Fsp3) is 0.333. The van der Waals surface area contributed by atoms with E-state index in [9.17, 15) is 0 Å². The lowest BCUT2D eigenvalue weighted by atomic mass is 10.4. The summed E-state index contributed by atoms with van der Waals surface area (Å²) < 4.78 is 5.24. The zero-order chi connectivity index (χ0) is 8.85. The quantitative estimate of drug-likeness (QED) is 0.388. The van der Waals surface area contributed by atoms with E-state index in [-0.39, 0.29) is 6.10 Å². The predicted molar refractivity (Wildman–Crippen MR) is 52.6 cm³/mol. The lowest BCUT2D eigenvalue weighted by Crippen LogP contribution is -1.99. The van der Waals surface area contributed by atoms with Gasteiger partial charge in [-0.2, -0.15) is 0 Å². The molecule has 0 saturated heterocycles. The number of hydrogen-bond acceptors (Lipinski definition) is 2. The Bertz CT molecular complexity index is 180. The maximum Gasteiger partial charge on any atom is 0.112 e. The van der Waals surface area contributed by atoms with Crippen molar-refractivity contribution in [2.45, 2.75) is 20.0 Å². The minimum atomic E-state index is 0.167. The standard InChI is InChI=1S/C9H14OS/c1-7(2)10-8(3)5-6-9(4)11/h5-7,11H,3-4H2,1-2H3/b6-5-. The minimum absolute atomic E-state index is 0.167. The molecule has 0 aliphatic heterocycles. The topological polar surface area (TPSA) is 9.23 Å². The molecular formula is C9H14OS. The summed E-state index contributed by atoms with van der Waals surface area (Å²) in [5.41, 5.74) is 0. The third kappa shape index (κ3) is 7.26. The van der Waals surface area contributed by atoms with Crippen LogP contribution in [0.5, 0.6) is 0 Å². The van der Waals surface area contributed by atoms with Gasteiger partial charge in [-0.15, -0.1) is 12.6 Å². The highest BCUT2D eigenvalue weighted by Crippen LogP contribution is 2.04. The molecule has 0 radical (unpaired) electrons. The molecular weight excluding hydrogens is 156 g/mol. The zero-order valence-corrected chi connectivity index (χ0v) is 7.90. The molecule has 0 aromatic rings. The second kappa shape index (κ2) is 5.08. The molecule has 0 unspecified atom stereocenters. The van der Waals surface area contributed by atoms with E-state index in [1.54, 1.807) is 12.2 Å². The maximum absolute atomic E-state index is 5.24. The van der Waals surface area contributed by atoms with Crippen molar-refractivity contribution in [2.24, 2.45) is 0 Å². The third-order valence-corrected chi connectivity index (χ3v) is 0.998. The van der Waals surface area contributed by atoms with Crippen LogP contribution in [-0.2, 0) is 4.74 Å². The van der Waals surface area contributed by atoms with Crippen LogP contribution < -0.4 is 0 Å². The van der Waals surface area contributed by atoms with Crippen molar-refractivity contribution < 1.29 is 4.74 Å². The van der Waals surface area contributed by atoms with Crippen LogP contribution in [-0.4, -0.2) is 6.10 Å². The lowest BCUT2D eigenvalue weighted by Gasteiger charge is -2.08. The van der Waals surface area contributed by atoms with Crippen LogP contribution in [0, 0.1) is 0 Å². The molecule has 0 aromatic carbocycles. The summed E-state index contributed by atoms with van der Waals surface area (Å²) in [5, 5.41) is 0. The number of allylic oxidation sites excluding steroid dienone is 2. The lowest BCUT2D eigenvalue weighted by molar-refractivity contribution is 0.159. The molecule has 0 saturated carbocycles. The van der Waals surface area contributed by atoms with Crippen LogP contribution in [0.4, 0.5) is 0 Å². The Hall–Kier alpha value is -0.630. The molecule has 0 spiro atoms. The molecule has 0 N–H and O–H groups in total. The van der Waals surface area contributed by atoms with Gasteiger partial charge in [-0.3, -0.25) is 0 Å². The van der Waals surface area contributed by atoms with Crippen LogP contribution in [0.3, 0.4) is 0 Å². The van der Waals surface area contributed by atoms with Gasteiger partial charge in [0.1, 0.15) is 5.76 Å². The smallest absolute Gasteiger partial charge is 0.112 e. The molecule has 0 amide bonds. The predicted octanol–water partition coefficient (Wildman–Crippen LogP) is 2.92. The Kier molecular flexibility index (Phi) is 4.79. The summed E-state index contributed by atoms with van der Waals surface area (Å²) in [6.45, 7) is 11.2. The fourth-order valence-corrected chi connectivity index (χ4v) is 0.606. The van der Waals surface area contributed by atoms with Gasteiger partial charge >= 0.3 is 0 Å². The number of hydrogen-bond donors (Lipinski definition) is 1. The van der Waals surface area contributed by atoms with Gasteiger partial charge in [0.2, 0.25) is 0 Å². The Labute approximate surface area is 73.9 Å². The molecule has 0 heterocycles. The third-order valence-electron chi connectivity index (χ3n) is 0.849. The van der Waals surface area contributed by atoms with Crippen molar-refractivity contribution in [3.63, 3.8) is 0 Å². The summed E-state index contributed by atoms with van der Waals surface area (Å²) in [7, 11) is 0. The first-order valence-corrected chi connectivity index (χ1v) is 3.88. The van der Waals surface area contributed by atoms with Gasteiger partial charge in [0.05, 0.1) is 6.10 Å². The number of thiol groups is 1. The molecule has 2 heteroatoms. The second-order valence-corrected chi connectivity index (χ2v) is 3.03. The van der Waals surface area contributed by atoms with Gasteiger partial charge < -0.3 is 4.74 Å². The SMILES string of the molecule is C=C(S)/C=C\C(=C)OC(C)C. The number of rotatable bonds is 4. The highest BCUT2D eigenvalue weighted by Gasteiger charge is 1.92. The largest absolute Gasteiger partial charge is 0.492 e. The van der Waals surface area contributed by atoms with Crippen molar-refractivity contribution in [2.75, 3.05) is 0 Å². The van der Waals surface area contributed by atoms with E-state index >= 15 is 0 Å². The molecule has 11 heavy (non-hydrogen) atoms. The normalized spacial score (nSPS) is 10.5. The molecule has 0 fully saturated rings. The first-order valence-electron chi connectivity index (χ1n) is 3.44. The molecule has 0 aliphatic carbocycles. The van der Waals surface area contributed by atoms with E-state index in [1.807, 2.05) is 13.8 Å². The van der Waals surface area contributed by atoms with Crippen molar-refractivity contribution >= 4 is 12.6 Å². The van der Waals surface area contributed by atoms with Gasteiger partial charge in [-0.05, 0) is 30.9 Å². The van der Waals surface area contributed by atoms with E-state index < -0.39 is 0 Å². The van der Waals surface area contributed by atoms with Crippen LogP contribution in [0.15, 0.2) is 36.0 Å². The summed E-state index contributed by atoms with van der Waals surface area (Å²) >= 11 is 3.99. The zero-order valence-electron chi connectivity index (χ0n) is 7.00.